The lowest BCUT2D eigenvalue weighted by Crippen LogP contribution is -2.51. The molecule has 2 unspecified atom stereocenters. The predicted octanol–water partition coefficient (Wildman–Crippen LogP) is 2.12. The molecule has 1 heterocycles. The van der Waals surface area contributed by atoms with Gasteiger partial charge in [0.25, 0.3) is 0 Å². The lowest BCUT2D eigenvalue weighted by molar-refractivity contribution is -0.127. The van der Waals surface area contributed by atoms with Crippen LogP contribution in [-0.4, -0.2) is 49.1 Å². The zero-order valence-corrected chi connectivity index (χ0v) is 16.2. The van der Waals surface area contributed by atoms with Gasteiger partial charge in [-0.15, -0.1) is 12.4 Å². The molecule has 4 N–H and O–H groups in total. The first-order valence-corrected chi connectivity index (χ1v) is 9.01. The molecule has 6 nitrogen and oxygen atoms in total. The Kier molecular flexibility index (Phi) is 11.8. The first-order chi connectivity index (χ1) is 11.0. The van der Waals surface area contributed by atoms with Crippen molar-refractivity contribution in [1.82, 2.24) is 15.5 Å². The van der Waals surface area contributed by atoms with Crippen LogP contribution in [-0.2, 0) is 4.79 Å². The van der Waals surface area contributed by atoms with Gasteiger partial charge in [0, 0.05) is 32.2 Å². The van der Waals surface area contributed by atoms with Gasteiger partial charge in [-0.2, -0.15) is 0 Å². The number of halogens is 1. The van der Waals surface area contributed by atoms with Crippen molar-refractivity contribution in [3.05, 3.63) is 0 Å². The van der Waals surface area contributed by atoms with Crippen molar-refractivity contribution >= 4 is 24.3 Å². The smallest absolute Gasteiger partial charge is 0.317 e. The summed E-state index contributed by atoms with van der Waals surface area (Å²) in [6, 6.07) is -0.00912. The van der Waals surface area contributed by atoms with E-state index in [2.05, 4.69) is 31.4 Å². The highest BCUT2D eigenvalue weighted by Crippen LogP contribution is 2.17. The summed E-state index contributed by atoms with van der Waals surface area (Å²) in [5.74, 6) is 0.342. The van der Waals surface area contributed by atoms with Crippen LogP contribution < -0.4 is 16.4 Å². The van der Waals surface area contributed by atoms with Crippen molar-refractivity contribution in [2.24, 2.45) is 17.6 Å². The van der Waals surface area contributed by atoms with Gasteiger partial charge in [-0.1, -0.05) is 33.6 Å². The number of piperidine rings is 1. The van der Waals surface area contributed by atoms with Gasteiger partial charge in [0.1, 0.15) is 0 Å². The third-order valence-corrected chi connectivity index (χ3v) is 4.28. The van der Waals surface area contributed by atoms with E-state index < -0.39 is 0 Å². The molecule has 2 atom stereocenters. The topological polar surface area (TPSA) is 87.5 Å². The number of carbonyl (C=O) groups excluding carboxylic acids is 2. The largest absolute Gasteiger partial charge is 0.352 e. The van der Waals surface area contributed by atoms with Gasteiger partial charge in [0.05, 0.1) is 5.92 Å². The van der Waals surface area contributed by atoms with Crippen LogP contribution in [0.25, 0.3) is 0 Å². The quantitative estimate of drug-likeness (QED) is 0.618. The van der Waals surface area contributed by atoms with Gasteiger partial charge < -0.3 is 21.3 Å². The van der Waals surface area contributed by atoms with Gasteiger partial charge in [0.15, 0.2) is 0 Å². The predicted molar refractivity (Wildman–Crippen MR) is 100 cm³/mol. The van der Waals surface area contributed by atoms with E-state index in [0.29, 0.717) is 25.6 Å². The molecule has 0 spiro atoms. The molecule has 0 bridgehead atoms. The highest BCUT2D eigenvalue weighted by Gasteiger charge is 2.29. The summed E-state index contributed by atoms with van der Waals surface area (Å²) in [4.78, 5) is 26.4. The first-order valence-electron chi connectivity index (χ1n) is 9.01. The van der Waals surface area contributed by atoms with E-state index in [1.807, 2.05) is 0 Å². The van der Waals surface area contributed by atoms with Crippen LogP contribution in [0.15, 0.2) is 0 Å². The molecule has 24 heavy (non-hydrogen) atoms. The highest BCUT2D eigenvalue weighted by molar-refractivity contribution is 5.85. The number of nitrogens with two attached hydrogens (primary N) is 1. The van der Waals surface area contributed by atoms with Gasteiger partial charge >= 0.3 is 6.03 Å². The van der Waals surface area contributed by atoms with Crippen molar-refractivity contribution in [2.75, 3.05) is 26.2 Å². The van der Waals surface area contributed by atoms with Crippen LogP contribution in [0.1, 0.15) is 52.9 Å². The Morgan fingerprint density at radius 2 is 2.04 bits per heavy atom. The number of hydrogen-bond donors (Lipinski definition) is 3. The second kappa shape index (κ2) is 12.4. The highest BCUT2D eigenvalue weighted by atomic mass is 35.5. The number of hydrogen-bond acceptors (Lipinski definition) is 3. The second-order valence-corrected chi connectivity index (χ2v) is 6.95. The van der Waals surface area contributed by atoms with Gasteiger partial charge in [0.2, 0.25) is 5.91 Å². The summed E-state index contributed by atoms with van der Waals surface area (Å²) < 4.78 is 0. The van der Waals surface area contributed by atoms with Crippen LogP contribution in [0, 0.1) is 11.8 Å². The number of urea groups is 1. The molecule has 0 aliphatic carbocycles. The van der Waals surface area contributed by atoms with E-state index in [4.69, 9.17) is 5.73 Å². The first kappa shape index (κ1) is 23.0. The number of likely N-dealkylation sites (tertiary alicyclic amines) is 1. The number of nitrogens with zero attached hydrogens (tertiary/aromatic N) is 1. The fourth-order valence-electron chi connectivity index (χ4n) is 2.80. The lowest BCUT2D eigenvalue weighted by atomic mass is 9.96. The van der Waals surface area contributed by atoms with Crippen molar-refractivity contribution < 1.29 is 9.59 Å². The number of carbonyl (C=O) groups is 2. The standard InChI is InChI=1S/C17H34N4O2.ClH/c1-4-5-8-15(10-18)20-16(22)14-7-6-9-21(12-14)17(23)19-11-13(2)3;/h13-15H,4-12,18H2,1-3H3,(H,19,23)(H,20,22);1H. The van der Waals surface area contributed by atoms with E-state index in [9.17, 15) is 9.59 Å². The van der Waals surface area contributed by atoms with Gasteiger partial charge in [-0.25, -0.2) is 4.79 Å². The summed E-state index contributed by atoms with van der Waals surface area (Å²) in [5, 5.41) is 5.99. The van der Waals surface area contributed by atoms with E-state index in [0.717, 1.165) is 38.6 Å². The SMILES string of the molecule is CCCCC(CN)NC(=O)C1CCCN(C(=O)NCC(C)C)C1.Cl. The molecule has 7 heteroatoms. The monoisotopic (exact) mass is 362 g/mol. The Morgan fingerprint density at radius 3 is 2.62 bits per heavy atom. The molecular formula is C17H35ClN4O2. The van der Waals surface area contributed by atoms with Crippen molar-refractivity contribution in [1.29, 1.82) is 0 Å². The van der Waals surface area contributed by atoms with Crippen LogP contribution in [0.2, 0.25) is 0 Å². The average Bonchev–Trinajstić information content (AvgIpc) is 2.56. The Labute approximate surface area is 152 Å². The van der Waals surface area contributed by atoms with E-state index in [1.165, 1.54) is 0 Å². The third kappa shape index (κ3) is 8.20. The molecule has 3 amide bonds. The van der Waals surface area contributed by atoms with Crippen LogP contribution in [0.3, 0.4) is 0 Å². The Morgan fingerprint density at radius 1 is 1.33 bits per heavy atom. The Bertz CT molecular complexity index is 380. The summed E-state index contributed by atoms with van der Waals surface area (Å²) in [5.41, 5.74) is 5.75. The molecule has 1 aliphatic heterocycles. The molecule has 1 saturated heterocycles. The third-order valence-electron chi connectivity index (χ3n) is 4.28. The Balaban J connectivity index is 0.00000529. The average molecular weight is 363 g/mol. The minimum Gasteiger partial charge on any atom is -0.352 e. The van der Waals surface area contributed by atoms with E-state index in [1.54, 1.807) is 4.90 Å². The maximum Gasteiger partial charge on any atom is 0.317 e. The van der Waals surface area contributed by atoms with Crippen LogP contribution in [0.5, 0.6) is 0 Å². The van der Waals surface area contributed by atoms with Crippen molar-refractivity contribution in [3.63, 3.8) is 0 Å². The van der Waals surface area contributed by atoms with Crippen molar-refractivity contribution in [2.45, 2.75) is 58.9 Å². The fourth-order valence-corrected chi connectivity index (χ4v) is 2.80. The molecule has 142 valence electrons. The van der Waals surface area contributed by atoms with Gasteiger partial charge in [-0.3, -0.25) is 4.79 Å². The molecule has 0 aromatic heterocycles. The van der Waals surface area contributed by atoms with Gasteiger partial charge in [-0.05, 0) is 25.2 Å². The number of nitrogens with one attached hydrogen (secondary N) is 2. The normalized spacial score (nSPS) is 18.7. The van der Waals surface area contributed by atoms with E-state index in [-0.39, 0.29) is 36.3 Å². The Hall–Kier alpha value is -1.01. The molecule has 1 rings (SSSR count). The lowest BCUT2D eigenvalue weighted by Gasteiger charge is -2.33. The minimum atomic E-state index is -0.121. The summed E-state index contributed by atoms with van der Waals surface area (Å²) >= 11 is 0. The van der Waals surface area contributed by atoms with E-state index >= 15 is 0 Å². The zero-order valence-electron chi connectivity index (χ0n) is 15.3. The summed E-state index contributed by atoms with van der Waals surface area (Å²) in [7, 11) is 0. The van der Waals surface area contributed by atoms with Crippen LogP contribution in [0.4, 0.5) is 4.79 Å². The van der Waals surface area contributed by atoms with Crippen LogP contribution >= 0.6 is 12.4 Å². The van der Waals surface area contributed by atoms with Crippen molar-refractivity contribution in [3.8, 4) is 0 Å². The molecule has 0 radical (unpaired) electrons. The number of unbranched alkanes of at least 4 members (excludes halogenated alkanes) is 1. The molecule has 1 fully saturated rings. The summed E-state index contributed by atoms with van der Waals surface area (Å²) in [6.07, 6.45) is 4.79. The molecular weight excluding hydrogens is 328 g/mol. The fraction of sp³-hybridized carbons (Fsp3) is 0.882. The maximum absolute atomic E-state index is 12.4. The minimum absolute atomic E-state index is 0. The number of rotatable bonds is 8. The molecule has 1 aliphatic rings. The molecule has 0 saturated carbocycles. The second-order valence-electron chi connectivity index (χ2n) is 6.95. The molecule has 0 aromatic carbocycles. The zero-order chi connectivity index (χ0) is 17.2. The maximum atomic E-state index is 12.4. The molecule has 0 aromatic rings. The number of amides is 3. The summed E-state index contributed by atoms with van der Waals surface area (Å²) in [6.45, 7) is 8.62.